The summed E-state index contributed by atoms with van der Waals surface area (Å²) in [5.74, 6) is -11.7. The predicted molar refractivity (Wildman–Crippen MR) is 228 cm³/mol. The first kappa shape index (κ1) is 51.5. The van der Waals surface area contributed by atoms with Crippen LogP contribution >= 0.6 is 0 Å². The quantitative estimate of drug-likeness (QED) is 0.0752. The maximum Gasteiger partial charge on any atom is 2.00 e. The molecule has 0 spiro atoms. The first-order chi connectivity index (χ1) is 29.0. The fraction of sp³-hybridized carbons (Fsp3) is 0.644. The van der Waals surface area contributed by atoms with Gasteiger partial charge in [0.25, 0.3) is 0 Å². The first-order valence-corrected chi connectivity index (χ1v) is 21.2. The molecule has 0 aromatic heterocycles. The van der Waals surface area contributed by atoms with Crippen LogP contribution in [-0.4, -0.2) is 106 Å². The summed E-state index contributed by atoms with van der Waals surface area (Å²) >= 11 is 0. The molecule has 0 aliphatic carbocycles. The van der Waals surface area contributed by atoms with E-state index in [1.807, 2.05) is 13.8 Å². The largest absolute Gasteiger partial charge is 2.00 e. The van der Waals surface area contributed by atoms with Crippen LogP contribution < -0.4 is 0 Å². The second kappa shape index (κ2) is 18.4. The number of carbonyl (C=O) groups is 7. The molecule has 5 aliphatic rings. The van der Waals surface area contributed by atoms with E-state index < -0.39 is 131 Å². The van der Waals surface area contributed by atoms with Crippen molar-refractivity contribution in [1.29, 1.82) is 0 Å². The molecule has 1 fully saturated rings. The van der Waals surface area contributed by atoms with Crippen molar-refractivity contribution in [3.8, 4) is 0 Å². The zero-order valence-electron chi connectivity index (χ0n) is 37.4. The smallest absolute Gasteiger partial charge is 0.682 e. The van der Waals surface area contributed by atoms with Gasteiger partial charge >= 0.3 is 58.6 Å². The molecule has 8 bridgehead atoms. The molecule has 5 heterocycles. The molecule has 18 nitrogen and oxygen atoms in total. The van der Waals surface area contributed by atoms with Crippen LogP contribution in [0.25, 0.3) is 5.32 Å². The summed E-state index contributed by atoms with van der Waals surface area (Å²) in [7, 11) is 0. The molecule has 351 valence electrons. The van der Waals surface area contributed by atoms with E-state index in [2.05, 4.69) is 0 Å². The summed E-state index contributed by atoms with van der Waals surface area (Å²) in [6.45, 7) is 13.8. The third-order valence-corrected chi connectivity index (χ3v) is 15.2. The third-order valence-electron chi connectivity index (χ3n) is 15.2. The van der Waals surface area contributed by atoms with Gasteiger partial charge in [0, 0.05) is 88.9 Å². The molecular weight excluding hydrogens is 879 g/mol. The monoisotopic (exact) mass is 938 g/mol. The number of hydrogen-bond acceptors (Lipinski definition) is 10. The van der Waals surface area contributed by atoms with Gasteiger partial charge in [-0.05, 0) is 75.0 Å². The van der Waals surface area contributed by atoms with E-state index in [9.17, 15) is 69.3 Å². The Morgan fingerprint density at radius 3 is 1.62 bits per heavy atom. The van der Waals surface area contributed by atoms with Crippen LogP contribution in [0.5, 0.6) is 0 Å². The maximum absolute atomic E-state index is 13.1. The molecule has 0 saturated carbocycles. The van der Waals surface area contributed by atoms with Gasteiger partial charge in [0.05, 0.1) is 24.1 Å². The minimum absolute atomic E-state index is 0. The van der Waals surface area contributed by atoms with Gasteiger partial charge in [-0.25, -0.2) is 0 Å². The Kier molecular flexibility index (Phi) is 14.8. The standard InChI is InChI=1S/C45H60N4O14.Co/c1-21-36-24(10-13-30(52)53)41(3,4)28(47-36)18-27-23(9-12-29(50)51)43(6,19-34(60)61)39(46-27)22(2)37-25(11-14-31(54)55)44(7,20-35(62)63)45(8,49-37)40-26(17-33(58)59)42(5,38(21)48-40)16-15-32(56)57;/h18,23-26,40H,9-17,19-20H2,1-8H3,(H8,46,47,48,49,50,51,52,53,54,55,56,57,58,59,60,61,62,63);/q;+2/p-1/t23-,24-,25-,26+,40?,42-,43+,44+,45+;/m1./s1. The Balaban J connectivity index is 0.00000898. The van der Waals surface area contributed by atoms with Crippen molar-refractivity contribution in [3.05, 3.63) is 39.6 Å². The SMILES string of the molecule is C/C1=C2/[N-]C([C@H](CC(=O)O)[C@@]2(C)CCC(=O)O)[C@]2(C)N=C(/C(C)=C3N=C(/C=C4N=C1[C@@H](CCC(=O)O)C\4(C)C)[C@@H](CCC(=O)O)[C@]\3(C)CC(=O)O)[C@@H](CCC(=O)O)[C@]2(C)CC(=O)O.[Co+2]. The van der Waals surface area contributed by atoms with Crippen LogP contribution in [0, 0.1) is 45.3 Å². The van der Waals surface area contributed by atoms with Crippen LogP contribution in [-0.2, 0) is 50.3 Å². The van der Waals surface area contributed by atoms with Crippen molar-refractivity contribution in [2.24, 2.45) is 60.3 Å². The van der Waals surface area contributed by atoms with Gasteiger partial charge < -0.3 is 41.1 Å². The molecule has 0 aromatic carbocycles. The van der Waals surface area contributed by atoms with Crippen molar-refractivity contribution in [1.82, 2.24) is 0 Å². The van der Waals surface area contributed by atoms with E-state index in [0.717, 1.165) is 0 Å². The minimum Gasteiger partial charge on any atom is -0.682 e. The number of nitrogens with zero attached hydrogens (tertiary/aromatic N) is 4. The molecule has 5 aliphatic heterocycles. The molecule has 1 radical (unpaired) electrons. The number of hydrogen-bond donors (Lipinski definition) is 7. The van der Waals surface area contributed by atoms with Gasteiger partial charge in [0.2, 0.25) is 0 Å². The Morgan fingerprint density at radius 2 is 1.12 bits per heavy atom. The minimum atomic E-state index is -1.64. The van der Waals surface area contributed by atoms with Gasteiger partial charge in [-0.3, -0.25) is 48.5 Å². The van der Waals surface area contributed by atoms with E-state index in [1.54, 1.807) is 47.6 Å². The Bertz CT molecular complexity index is 2220. The van der Waals surface area contributed by atoms with Gasteiger partial charge in [0.1, 0.15) is 0 Å². The summed E-state index contributed by atoms with van der Waals surface area (Å²) in [6, 6.07) is -1.16. The van der Waals surface area contributed by atoms with Gasteiger partial charge in [-0.2, -0.15) is 5.70 Å². The number of carboxylic acids is 7. The Morgan fingerprint density at radius 1 is 0.609 bits per heavy atom. The molecule has 1 saturated heterocycles. The van der Waals surface area contributed by atoms with Crippen LogP contribution in [0.3, 0.4) is 0 Å². The Labute approximate surface area is 381 Å². The molecule has 0 amide bonds. The average Bonchev–Trinajstić information content (AvgIpc) is 3.75. The maximum atomic E-state index is 13.1. The Hall–Kier alpha value is -5.17. The topological polar surface area (TPSA) is 312 Å². The zero-order valence-corrected chi connectivity index (χ0v) is 38.4. The molecule has 19 heteroatoms. The van der Waals surface area contributed by atoms with Crippen molar-refractivity contribution in [2.45, 2.75) is 138 Å². The van der Waals surface area contributed by atoms with E-state index >= 15 is 0 Å². The van der Waals surface area contributed by atoms with Crippen molar-refractivity contribution >= 4 is 58.9 Å². The molecule has 5 rings (SSSR count). The van der Waals surface area contributed by atoms with E-state index in [1.165, 1.54) is 0 Å². The number of allylic oxidation sites excluding steroid dienone is 6. The predicted octanol–water partition coefficient (Wildman–Crippen LogP) is 6.70. The molecule has 1 unspecified atom stereocenters. The van der Waals surface area contributed by atoms with Crippen LogP contribution in [0.2, 0.25) is 0 Å². The summed E-state index contributed by atoms with van der Waals surface area (Å²) < 4.78 is 0. The first-order valence-electron chi connectivity index (χ1n) is 21.2. The summed E-state index contributed by atoms with van der Waals surface area (Å²) in [6.07, 6.45) is -1.65. The van der Waals surface area contributed by atoms with Crippen molar-refractivity contribution < 1.29 is 86.1 Å². The number of aliphatic imine (C=N–C) groups is 3. The van der Waals surface area contributed by atoms with E-state index in [4.69, 9.17) is 20.3 Å². The molecule has 64 heavy (non-hydrogen) atoms. The molecule has 0 aromatic rings. The van der Waals surface area contributed by atoms with Gasteiger partial charge in [-0.15, -0.1) is 0 Å². The molecule has 9 atom stereocenters. The van der Waals surface area contributed by atoms with Crippen LogP contribution in [0.15, 0.2) is 49.3 Å². The molecule has 7 N–H and O–H groups in total. The zero-order chi connectivity index (χ0) is 47.4. The third kappa shape index (κ3) is 9.06. The average molecular weight is 939 g/mol. The number of rotatable bonds is 18. The fourth-order valence-electron chi connectivity index (χ4n) is 11.6. The normalized spacial score (nSPS) is 35.6. The number of fused-ring (bicyclic) bond motifs is 6. The van der Waals surface area contributed by atoms with Crippen LogP contribution in [0.1, 0.15) is 126 Å². The number of carboxylic acid groups (broad SMARTS) is 7. The van der Waals surface area contributed by atoms with Crippen molar-refractivity contribution in [2.75, 3.05) is 0 Å². The van der Waals surface area contributed by atoms with Gasteiger partial charge in [-0.1, -0.05) is 40.7 Å². The van der Waals surface area contributed by atoms with E-state index in [0.29, 0.717) is 34.0 Å². The van der Waals surface area contributed by atoms with E-state index in [-0.39, 0.29) is 66.7 Å². The van der Waals surface area contributed by atoms with Gasteiger partial charge in [0.15, 0.2) is 0 Å². The molecular formula is C45H59CoN4O14+. The second-order valence-corrected chi connectivity index (χ2v) is 19.4. The summed E-state index contributed by atoms with van der Waals surface area (Å²) in [4.78, 5) is 103. The fourth-order valence-corrected chi connectivity index (χ4v) is 11.6. The second-order valence-electron chi connectivity index (χ2n) is 19.4. The summed E-state index contributed by atoms with van der Waals surface area (Å²) in [5.41, 5.74) is -4.11. The summed E-state index contributed by atoms with van der Waals surface area (Å²) in [5, 5.41) is 76.9. The van der Waals surface area contributed by atoms with Crippen molar-refractivity contribution in [3.63, 3.8) is 0 Å². The number of aliphatic carboxylic acids is 7. The van der Waals surface area contributed by atoms with Crippen LogP contribution in [0.4, 0.5) is 0 Å².